The number of nitriles is 1. The van der Waals surface area contributed by atoms with E-state index in [-0.39, 0.29) is 11.5 Å². The highest BCUT2D eigenvalue weighted by molar-refractivity contribution is 6.31. The van der Waals surface area contributed by atoms with Crippen molar-refractivity contribution in [1.82, 2.24) is 0 Å². The maximum Gasteiger partial charge on any atom is 0.145 e. The van der Waals surface area contributed by atoms with Crippen molar-refractivity contribution in [3.8, 4) is 17.6 Å². The molecule has 0 radical (unpaired) electrons. The molecule has 0 amide bonds. The quantitative estimate of drug-likeness (QED) is 0.742. The molecule has 0 aliphatic carbocycles. The molecule has 0 atom stereocenters. The van der Waals surface area contributed by atoms with E-state index in [1.165, 1.54) is 12.1 Å². The zero-order valence-corrected chi connectivity index (χ0v) is 12.8. The van der Waals surface area contributed by atoms with E-state index in [1.54, 1.807) is 0 Å². The summed E-state index contributed by atoms with van der Waals surface area (Å²) >= 11 is 6.22. The van der Waals surface area contributed by atoms with E-state index in [9.17, 15) is 4.39 Å². The summed E-state index contributed by atoms with van der Waals surface area (Å²) in [6.07, 6.45) is 0. The van der Waals surface area contributed by atoms with Gasteiger partial charge in [0, 0.05) is 5.02 Å². The van der Waals surface area contributed by atoms with Gasteiger partial charge >= 0.3 is 0 Å². The van der Waals surface area contributed by atoms with Gasteiger partial charge in [-0.25, -0.2) is 4.39 Å². The molecule has 0 saturated heterocycles. The molecule has 0 saturated carbocycles. The van der Waals surface area contributed by atoms with Gasteiger partial charge in [0.25, 0.3) is 0 Å². The van der Waals surface area contributed by atoms with E-state index >= 15 is 0 Å². The Balaban J connectivity index is 2.45. The molecule has 0 aliphatic rings. The Hall–Kier alpha value is -2.05. The summed E-state index contributed by atoms with van der Waals surface area (Å²) in [5, 5.41) is 9.75. The molecule has 2 aromatic carbocycles. The molecule has 2 nitrogen and oxygen atoms in total. The van der Waals surface area contributed by atoms with Gasteiger partial charge in [0.05, 0.1) is 5.56 Å². The maximum atomic E-state index is 13.2. The van der Waals surface area contributed by atoms with Crippen LogP contribution in [0.2, 0.25) is 5.02 Å². The van der Waals surface area contributed by atoms with E-state index in [0.29, 0.717) is 16.5 Å². The van der Waals surface area contributed by atoms with Gasteiger partial charge in [0.2, 0.25) is 0 Å². The van der Waals surface area contributed by atoms with Crippen molar-refractivity contribution >= 4 is 11.6 Å². The number of ether oxygens (including phenoxy) is 1. The number of hydrogen-bond acceptors (Lipinski definition) is 2. The third kappa shape index (κ3) is 3.34. The minimum atomic E-state index is -0.463. The SMILES string of the molecule is Cc1cc(Cl)c(C(C)C)cc1Oc1ccc(F)cc1C#N. The van der Waals surface area contributed by atoms with Gasteiger partial charge in [-0.3, -0.25) is 0 Å². The molecule has 2 aromatic rings. The van der Waals surface area contributed by atoms with Crippen molar-refractivity contribution in [2.75, 3.05) is 0 Å². The van der Waals surface area contributed by atoms with E-state index in [2.05, 4.69) is 0 Å². The summed E-state index contributed by atoms with van der Waals surface area (Å²) in [6.45, 7) is 5.96. The second-order valence-corrected chi connectivity index (χ2v) is 5.56. The first-order chi connectivity index (χ1) is 9.92. The number of halogens is 2. The van der Waals surface area contributed by atoms with Crippen LogP contribution in [0.5, 0.6) is 11.5 Å². The van der Waals surface area contributed by atoms with Gasteiger partial charge in [0.15, 0.2) is 0 Å². The lowest BCUT2D eigenvalue weighted by Crippen LogP contribution is -1.96. The first kappa shape index (κ1) is 15.3. The number of benzene rings is 2. The van der Waals surface area contributed by atoms with Gasteiger partial charge in [-0.1, -0.05) is 25.4 Å². The smallest absolute Gasteiger partial charge is 0.145 e. The molecule has 0 N–H and O–H groups in total. The van der Waals surface area contributed by atoms with Crippen LogP contribution >= 0.6 is 11.6 Å². The molecule has 4 heteroatoms. The van der Waals surface area contributed by atoms with Crippen molar-refractivity contribution in [3.63, 3.8) is 0 Å². The average molecular weight is 304 g/mol. The first-order valence-corrected chi connectivity index (χ1v) is 6.97. The van der Waals surface area contributed by atoms with Crippen LogP contribution in [0.1, 0.15) is 36.5 Å². The highest BCUT2D eigenvalue weighted by atomic mass is 35.5. The van der Waals surface area contributed by atoms with E-state index < -0.39 is 5.82 Å². The van der Waals surface area contributed by atoms with E-state index in [4.69, 9.17) is 21.6 Å². The van der Waals surface area contributed by atoms with Gasteiger partial charge in [0.1, 0.15) is 23.4 Å². The van der Waals surface area contributed by atoms with E-state index in [0.717, 1.165) is 17.2 Å². The number of nitrogens with zero attached hydrogens (tertiary/aromatic N) is 1. The third-order valence-electron chi connectivity index (χ3n) is 3.20. The second kappa shape index (κ2) is 6.15. The lowest BCUT2D eigenvalue weighted by atomic mass is 10.0. The molecule has 108 valence electrons. The van der Waals surface area contributed by atoms with Crippen LogP contribution < -0.4 is 4.74 Å². The van der Waals surface area contributed by atoms with Crippen LogP contribution in [0.15, 0.2) is 30.3 Å². The van der Waals surface area contributed by atoms with Crippen molar-refractivity contribution in [2.45, 2.75) is 26.7 Å². The monoisotopic (exact) mass is 303 g/mol. The van der Waals surface area contributed by atoms with Crippen LogP contribution in [0.25, 0.3) is 0 Å². The summed E-state index contributed by atoms with van der Waals surface area (Å²) in [6, 6.07) is 9.52. The predicted octanol–water partition coefficient (Wildman–Crippen LogP) is 5.57. The standard InChI is InChI=1S/C17H15ClFNO/c1-10(2)14-8-17(11(3)6-15(14)18)21-16-5-4-13(19)7-12(16)9-20/h4-8,10H,1-3H3. The Bertz CT molecular complexity index is 719. The van der Waals surface area contributed by atoms with Crippen LogP contribution in [-0.2, 0) is 0 Å². The lowest BCUT2D eigenvalue weighted by Gasteiger charge is -2.15. The summed E-state index contributed by atoms with van der Waals surface area (Å²) in [7, 11) is 0. The number of rotatable bonds is 3. The Morgan fingerprint density at radius 3 is 2.52 bits per heavy atom. The zero-order valence-electron chi connectivity index (χ0n) is 12.1. The molecular weight excluding hydrogens is 289 g/mol. The summed E-state index contributed by atoms with van der Waals surface area (Å²) in [4.78, 5) is 0. The number of hydrogen-bond donors (Lipinski definition) is 0. The molecule has 0 bridgehead atoms. The van der Waals surface area contributed by atoms with Crippen LogP contribution in [-0.4, -0.2) is 0 Å². The lowest BCUT2D eigenvalue weighted by molar-refractivity contribution is 0.474. The normalized spacial score (nSPS) is 10.5. The molecule has 0 spiro atoms. The van der Waals surface area contributed by atoms with Gasteiger partial charge in [-0.2, -0.15) is 5.26 Å². The Morgan fingerprint density at radius 2 is 1.90 bits per heavy atom. The van der Waals surface area contributed by atoms with Crippen LogP contribution in [0.4, 0.5) is 4.39 Å². The molecule has 0 fully saturated rings. The van der Waals surface area contributed by atoms with E-state index in [1.807, 2.05) is 39.0 Å². The summed E-state index contributed by atoms with van der Waals surface area (Å²) < 4.78 is 18.9. The van der Waals surface area contributed by atoms with Crippen molar-refractivity contribution in [1.29, 1.82) is 5.26 Å². The maximum absolute atomic E-state index is 13.2. The molecule has 21 heavy (non-hydrogen) atoms. The van der Waals surface area contributed by atoms with Crippen LogP contribution in [0, 0.1) is 24.1 Å². The molecular formula is C17H15ClFNO. The fourth-order valence-corrected chi connectivity index (χ4v) is 2.45. The minimum absolute atomic E-state index is 0.162. The Labute approximate surface area is 128 Å². The highest BCUT2D eigenvalue weighted by Crippen LogP contribution is 2.34. The minimum Gasteiger partial charge on any atom is -0.456 e. The number of aryl methyl sites for hydroxylation is 1. The Kier molecular flexibility index (Phi) is 4.50. The Morgan fingerprint density at radius 1 is 1.19 bits per heavy atom. The molecule has 0 unspecified atom stereocenters. The second-order valence-electron chi connectivity index (χ2n) is 5.15. The fourth-order valence-electron chi connectivity index (χ4n) is 2.02. The fraction of sp³-hybridized carbons (Fsp3) is 0.235. The van der Waals surface area contributed by atoms with Gasteiger partial charge in [-0.15, -0.1) is 0 Å². The first-order valence-electron chi connectivity index (χ1n) is 6.60. The van der Waals surface area contributed by atoms with Gasteiger partial charge < -0.3 is 4.74 Å². The predicted molar refractivity (Wildman–Crippen MR) is 81.5 cm³/mol. The largest absolute Gasteiger partial charge is 0.456 e. The molecule has 0 aromatic heterocycles. The molecule has 2 rings (SSSR count). The average Bonchev–Trinajstić information content (AvgIpc) is 2.42. The van der Waals surface area contributed by atoms with Crippen molar-refractivity contribution in [3.05, 3.63) is 57.9 Å². The molecule has 0 heterocycles. The third-order valence-corrected chi connectivity index (χ3v) is 3.53. The van der Waals surface area contributed by atoms with Gasteiger partial charge in [-0.05, 0) is 54.3 Å². The summed E-state index contributed by atoms with van der Waals surface area (Å²) in [5.74, 6) is 0.740. The van der Waals surface area contributed by atoms with Crippen LogP contribution in [0.3, 0.4) is 0 Å². The summed E-state index contributed by atoms with van der Waals surface area (Å²) in [5.41, 5.74) is 1.99. The highest BCUT2D eigenvalue weighted by Gasteiger charge is 2.13. The zero-order chi connectivity index (χ0) is 15.6. The van der Waals surface area contributed by atoms with Crippen molar-refractivity contribution in [2.24, 2.45) is 0 Å². The van der Waals surface area contributed by atoms with Crippen molar-refractivity contribution < 1.29 is 9.13 Å². The molecule has 0 aliphatic heterocycles. The topological polar surface area (TPSA) is 33.0 Å².